The normalized spacial score (nSPS) is 11.9. The smallest absolute Gasteiger partial charge is 0.207 e. The Kier molecular flexibility index (Phi) is 4.96. The van der Waals surface area contributed by atoms with Gasteiger partial charge in [-0.15, -0.1) is 0 Å². The molecule has 0 saturated heterocycles. The summed E-state index contributed by atoms with van der Waals surface area (Å²) < 4.78 is 27.0. The summed E-state index contributed by atoms with van der Waals surface area (Å²) in [5.41, 5.74) is 2.00. The van der Waals surface area contributed by atoms with Crippen LogP contribution in [0.15, 0.2) is 46.0 Å². The van der Waals surface area contributed by atoms with E-state index < -0.39 is 10.0 Å². The molecule has 0 amide bonds. The Bertz CT molecular complexity index is 648. The summed E-state index contributed by atoms with van der Waals surface area (Å²) in [4.78, 5) is 0.376. The summed E-state index contributed by atoms with van der Waals surface area (Å²) in [6.07, 6.45) is 0.801. The van der Waals surface area contributed by atoms with Gasteiger partial charge in [-0.05, 0) is 53.4 Å². The van der Waals surface area contributed by atoms with E-state index in [1.807, 2.05) is 36.7 Å². The molecule has 0 aliphatic rings. The van der Waals surface area contributed by atoms with Crippen LogP contribution in [0.25, 0.3) is 0 Å². The minimum absolute atomic E-state index is 0.376. The van der Waals surface area contributed by atoms with Crippen molar-refractivity contribution in [3.05, 3.63) is 52.2 Å². The lowest BCUT2D eigenvalue weighted by atomic mass is 10.2. The molecule has 1 aromatic heterocycles. The number of nitrogens with zero attached hydrogens (tertiary/aromatic N) is 1. The van der Waals surface area contributed by atoms with E-state index in [1.54, 1.807) is 33.8 Å². The largest absolute Gasteiger partial charge is 0.243 e. The van der Waals surface area contributed by atoms with Gasteiger partial charge in [-0.1, -0.05) is 19.1 Å². The summed E-state index contributed by atoms with van der Waals surface area (Å²) in [5, 5.41) is 3.97. The molecule has 0 aliphatic heterocycles. The standard InChI is InChI=1S/C15H19NO2S2/c1-3-8-16(11-14-7-9-19-12-14)20(17,18)15-6-4-5-13(2)10-15/h4-7,9-10,12H,3,8,11H2,1-2H3. The molecule has 20 heavy (non-hydrogen) atoms. The topological polar surface area (TPSA) is 37.4 Å². The Hall–Kier alpha value is -1.17. The molecule has 0 fully saturated rings. The van der Waals surface area contributed by atoms with Gasteiger partial charge in [0.15, 0.2) is 0 Å². The van der Waals surface area contributed by atoms with Gasteiger partial charge < -0.3 is 0 Å². The molecule has 1 aromatic carbocycles. The van der Waals surface area contributed by atoms with Crippen LogP contribution in [0.4, 0.5) is 0 Å². The third-order valence-corrected chi connectivity index (χ3v) is 5.61. The number of aryl methyl sites for hydroxylation is 1. The van der Waals surface area contributed by atoms with Crippen LogP contribution in [-0.4, -0.2) is 19.3 Å². The molecule has 3 nitrogen and oxygen atoms in total. The van der Waals surface area contributed by atoms with E-state index in [2.05, 4.69) is 0 Å². The molecule has 0 atom stereocenters. The number of sulfonamides is 1. The second kappa shape index (κ2) is 6.52. The Labute approximate surface area is 124 Å². The SMILES string of the molecule is CCCN(Cc1ccsc1)S(=O)(=O)c1cccc(C)c1. The highest BCUT2D eigenvalue weighted by Crippen LogP contribution is 2.20. The van der Waals surface area contributed by atoms with Gasteiger partial charge in [-0.25, -0.2) is 8.42 Å². The second-order valence-corrected chi connectivity index (χ2v) is 7.50. The fourth-order valence-corrected chi connectivity index (χ4v) is 4.33. The fraction of sp³-hybridized carbons (Fsp3) is 0.333. The van der Waals surface area contributed by atoms with E-state index in [1.165, 1.54) is 0 Å². The van der Waals surface area contributed by atoms with Gasteiger partial charge in [0.2, 0.25) is 10.0 Å². The lowest BCUT2D eigenvalue weighted by molar-refractivity contribution is 0.406. The zero-order valence-electron chi connectivity index (χ0n) is 11.7. The molecule has 2 rings (SSSR count). The van der Waals surface area contributed by atoms with Gasteiger partial charge in [0.25, 0.3) is 0 Å². The van der Waals surface area contributed by atoms with Crippen molar-refractivity contribution in [1.82, 2.24) is 4.31 Å². The predicted octanol–water partition coefficient (Wildman–Crippen LogP) is 3.66. The molecular weight excluding hydrogens is 290 g/mol. The second-order valence-electron chi connectivity index (χ2n) is 4.79. The van der Waals surface area contributed by atoms with E-state index >= 15 is 0 Å². The average Bonchev–Trinajstić information content (AvgIpc) is 2.91. The summed E-state index contributed by atoms with van der Waals surface area (Å²) in [7, 11) is -3.42. The van der Waals surface area contributed by atoms with Crippen LogP contribution in [-0.2, 0) is 16.6 Å². The highest BCUT2D eigenvalue weighted by atomic mass is 32.2. The van der Waals surface area contributed by atoms with Crippen LogP contribution < -0.4 is 0 Å². The summed E-state index contributed by atoms with van der Waals surface area (Å²) in [6.45, 7) is 4.87. The first-order valence-corrected chi connectivity index (χ1v) is 9.00. The third-order valence-electron chi connectivity index (χ3n) is 3.04. The quantitative estimate of drug-likeness (QED) is 0.816. The summed E-state index contributed by atoms with van der Waals surface area (Å²) in [5.74, 6) is 0. The number of hydrogen-bond acceptors (Lipinski definition) is 3. The van der Waals surface area contributed by atoms with E-state index in [4.69, 9.17) is 0 Å². The number of benzene rings is 1. The molecule has 2 aromatic rings. The number of hydrogen-bond donors (Lipinski definition) is 0. The van der Waals surface area contributed by atoms with Crippen molar-refractivity contribution in [1.29, 1.82) is 0 Å². The molecule has 1 heterocycles. The molecular formula is C15H19NO2S2. The molecule has 0 spiro atoms. The Morgan fingerprint density at radius 2 is 2.05 bits per heavy atom. The van der Waals surface area contributed by atoms with Crippen molar-refractivity contribution in [2.75, 3.05) is 6.54 Å². The van der Waals surface area contributed by atoms with Gasteiger partial charge in [0.1, 0.15) is 0 Å². The maximum absolute atomic E-state index is 12.7. The van der Waals surface area contributed by atoms with E-state index in [9.17, 15) is 8.42 Å². The minimum atomic E-state index is -3.42. The van der Waals surface area contributed by atoms with Gasteiger partial charge in [0.05, 0.1) is 4.90 Å². The molecule has 0 aliphatic carbocycles. The van der Waals surface area contributed by atoms with Crippen molar-refractivity contribution in [3.63, 3.8) is 0 Å². The van der Waals surface area contributed by atoms with Gasteiger partial charge in [0, 0.05) is 13.1 Å². The summed E-state index contributed by atoms with van der Waals surface area (Å²) >= 11 is 1.59. The van der Waals surface area contributed by atoms with Crippen molar-refractivity contribution in [3.8, 4) is 0 Å². The zero-order valence-corrected chi connectivity index (χ0v) is 13.4. The molecule has 0 radical (unpaired) electrons. The van der Waals surface area contributed by atoms with Crippen LogP contribution in [0.3, 0.4) is 0 Å². The Morgan fingerprint density at radius 3 is 2.65 bits per heavy atom. The predicted molar refractivity (Wildman–Crippen MR) is 83.4 cm³/mol. The fourth-order valence-electron chi connectivity index (χ4n) is 2.04. The number of thiophene rings is 1. The van der Waals surface area contributed by atoms with Crippen LogP contribution >= 0.6 is 11.3 Å². The lowest BCUT2D eigenvalue weighted by Crippen LogP contribution is -2.31. The van der Waals surface area contributed by atoms with Crippen molar-refractivity contribution >= 4 is 21.4 Å². The van der Waals surface area contributed by atoms with Crippen molar-refractivity contribution in [2.45, 2.75) is 31.7 Å². The zero-order chi connectivity index (χ0) is 14.6. The Morgan fingerprint density at radius 1 is 1.25 bits per heavy atom. The molecule has 5 heteroatoms. The van der Waals surface area contributed by atoms with E-state index in [0.717, 1.165) is 17.5 Å². The van der Waals surface area contributed by atoms with Crippen molar-refractivity contribution < 1.29 is 8.42 Å². The van der Waals surface area contributed by atoms with E-state index in [0.29, 0.717) is 18.0 Å². The third kappa shape index (κ3) is 3.48. The van der Waals surface area contributed by atoms with Gasteiger partial charge >= 0.3 is 0 Å². The highest BCUT2D eigenvalue weighted by molar-refractivity contribution is 7.89. The monoisotopic (exact) mass is 309 g/mol. The first kappa shape index (κ1) is 15.2. The molecule has 0 unspecified atom stereocenters. The molecule has 108 valence electrons. The van der Waals surface area contributed by atoms with Gasteiger partial charge in [-0.3, -0.25) is 0 Å². The maximum atomic E-state index is 12.7. The van der Waals surface area contributed by atoms with Gasteiger partial charge in [-0.2, -0.15) is 15.6 Å². The molecule has 0 saturated carbocycles. The summed E-state index contributed by atoms with van der Waals surface area (Å²) in [6, 6.07) is 9.06. The lowest BCUT2D eigenvalue weighted by Gasteiger charge is -2.21. The molecule has 0 N–H and O–H groups in total. The molecule has 0 bridgehead atoms. The first-order valence-electron chi connectivity index (χ1n) is 6.62. The minimum Gasteiger partial charge on any atom is -0.207 e. The Balaban J connectivity index is 2.32. The average molecular weight is 309 g/mol. The van der Waals surface area contributed by atoms with Crippen LogP contribution in [0, 0.1) is 6.92 Å². The van der Waals surface area contributed by atoms with Crippen LogP contribution in [0.2, 0.25) is 0 Å². The number of rotatable bonds is 6. The van der Waals surface area contributed by atoms with Crippen molar-refractivity contribution in [2.24, 2.45) is 0 Å². The van der Waals surface area contributed by atoms with Crippen LogP contribution in [0.1, 0.15) is 24.5 Å². The maximum Gasteiger partial charge on any atom is 0.243 e. The van der Waals surface area contributed by atoms with Crippen LogP contribution in [0.5, 0.6) is 0 Å². The van der Waals surface area contributed by atoms with E-state index in [-0.39, 0.29) is 0 Å². The first-order chi connectivity index (χ1) is 9.54. The highest BCUT2D eigenvalue weighted by Gasteiger charge is 2.24.